The van der Waals surface area contributed by atoms with Gasteiger partial charge in [-0.1, -0.05) is 6.92 Å². The number of ether oxygens (including phenoxy) is 1. The van der Waals surface area contributed by atoms with Crippen LogP contribution >= 0.6 is 0 Å². The fraction of sp³-hybridized carbons (Fsp3) is 0.812. The largest absolute Gasteiger partial charge is 0.383 e. The van der Waals surface area contributed by atoms with Gasteiger partial charge in [0.05, 0.1) is 12.5 Å². The summed E-state index contributed by atoms with van der Waals surface area (Å²) in [6.45, 7) is 5.83. The summed E-state index contributed by atoms with van der Waals surface area (Å²) in [5.41, 5.74) is 0. The molecule has 2 rings (SSSR count). The molecule has 7 heteroatoms. The molecule has 23 heavy (non-hydrogen) atoms. The lowest BCUT2D eigenvalue weighted by molar-refractivity contribution is -0.142. The maximum absolute atomic E-state index is 12.6. The van der Waals surface area contributed by atoms with Crippen LogP contribution < -0.4 is 0 Å². The van der Waals surface area contributed by atoms with Gasteiger partial charge in [-0.3, -0.25) is 14.4 Å². The lowest BCUT2D eigenvalue weighted by Gasteiger charge is -2.36. The summed E-state index contributed by atoms with van der Waals surface area (Å²) >= 11 is 0. The van der Waals surface area contributed by atoms with Crippen LogP contribution in [0.15, 0.2) is 0 Å². The topological polar surface area (TPSA) is 70.2 Å². The van der Waals surface area contributed by atoms with E-state index >= 15 is 0 Å². The van der Waals surface area contributed by atoms with Gasteiger partial charge in [0.2, 0.25) is 17.7 Å². The summed E-state index contributed by atoms with van der Waals surface area (Å²) < 4.78 is 4.99. The van der Waals surface area contributed by atoms with E-state index in [2.05, 4.69) is 0 Å². The molecule has 3 amide bonds. The van der Waals surface area contributed by atoms with E-state index in [-0.39, 0.29) is 30.1 Å². The van der Waals surface area contributed by atoms with Crippen molar-refractivity contribution in [3.8, 4) is 0 Å². The van der Waals surface area contributed by atoms with Gasteiger partial charge in [0.15, 0.2) is 0 Å². The van der Waals surface area contributed by atoms with Crippen LogP contribution in [0.5, 0.6) is 0 Å². The molecular weight excluding hydrogens is 298 g/mol. The number of methoxy groups -OCH3 is 1. The minimum atomic E-state index is -0.253. The second-order valence-electron chi connectivity index (χ2n) is 6.19. The highest BCUT2D eigenvalue weighted by atomic mass is 16.5. The maximum atomic E-state index is 12.6. The van der Waals surface area contributed by atoms with Gasteiger partial charge < -0.3 is 19.4 Å². The predicted octanol–water partition coefficient (Wildman–Crippen LogP) is -0.0478. The third kappa shape index (κ3) is 4.43. The lowest BCUT2D eigenvalue weighted by Crippen LogP contribution is -2.52. The van der Waals surface area contributed by atoms with Crippen molar-refractivity contribution >= 4 is 17.7 Å². The first-order valence-corrected chi connectivity index (χ1v) is 8.40. The van der Waals surface area contributed by atoms with Gasteiger partial charge in [0.25, 0.3) is 0 Å². The van der Waals surface area contributed by atoms with Crippen LogP contribution in [0.4, 0.5) is 0 Å². The molecule has 0 aromatic rings. The van der Waals surface area contributed by atoms with Crippen LogP contribution in [0.25, 0.3) is 0 Å². The summed E-state index contributed by atoms with van der Waals surface area (Å²) in [7, 11) is 1.60. The number of amides is 3. The number of likely N-dealkylation sites (tertiary alicyclic amines) is 1. The molecule has 2 fully saturated rings. The smallest absolute Gasteiger partial charge is 0.228 e. The van der Waals surface area contributed by atoms with Gasteiger partial charge in [-0.25, -0.2) is 0 Å². The highest BCUT2D eigenvalue weighted by molar-refractivity contribution is 5.89. The van der Waals surface area contributed by atoms with Gasteiger partial charge in [0, 0.05) is 59.2 Å². The maximum Gasteiger partial charge on any atom is 0.228 e. The van der Waals surface area contributed by atoms with Crippen molar-refractivity contribution in [3.05, 3.63) is 0 Å². The summed E-state index contributed by atoms with van der Waals surface area (Å²) in [4.78, 5) is 41.7. The molecule has 0 aromatic carbocycles. The van der Waals surface area contributed by atoms with Crippen LogP contribution in [0, 0.1) is 5.92 Å². The van der Waals surface area contributed by atoms with Gasteiger partial charge in [-0.15, -0.1) is 0 Å². The summed E-state index contributed by atoms with van der Waals surface area (Å²) in [5, 5.41) is 0. The Morgan fingerprint density at radius 1 is 1.17 bits per heavy atom. The fourth-order valence-corrected chi connectivity index (χ4v) is 3.16. The molecule has 0 aromatic heterocycles. The SMILES string of the molecule is CCCC(=O)N1CCN(C(=O)C2CC(=O)N(CCOC)C2)CC1. The Morgan fingerprint density at radius 2 is 1.83 bits per heavy atom. The highest BCUT2D eigenvalue weighted by Gasteiger charge is 2.37. The van der Waals surface area contributed by atoms with E-state index in [1.54, 1.807) is 16.9 Å². The van der Waals surface area contributed by atoms with Crippen molar-refractivity contribution < 1.29 is 19.1 Å². The molecule has 2 saturated heterocycles. The number of nitrogens with zero attached hydrogens (tertiary/aromatic N) is 3. The Balaban J connectivity index is 1.81. The summed E-state index contributed by atoms with van der Waals surface area (Å²) in [5.74, 6) is -0.0170. The molecule has 2 heterocycles. The average molecular weight is 325 g/mol. The second kappa shape index (κ2) is 8.29. The first kappa shape index (κ1) is 17.7. The van der Waals surface area contributed by atoms with E-state index in [9.17, 15) is 14.4 Å². The molecular formula is C16H27N3O4. The second-order valence-corrected chi connectivity index (χ2v) is 6.19. The molecule has 2 aliphatic rings. The first-order chi connectivity index (χ1) is 11.1. The van der Waals surface area contributed by atoms with Crippen LogP contribution in [-0.2, 0) is 19.1 Å². The zero-order chi connectivity index (χ0) is 16.8. The molecule has 0 spiro atoms. The average Bonchev–Trinajstić information content (AvgIpc) is 2.93. The van der Waals surface area contributed by atoms with E-state index in [1.165, 1.54) is 0 Å². The molecule has 0 aliphatic carbocycles. The molecule has 2 aliphatic heterocycles. The molecule has 0 saturated carbocycles. The molecule has 0 bridgehead atoms. The van der Waals surface area contributed by atoms with E-state index in [0.717, 1.165) is 6.42 Å². The van der Waals surface area contributed by atoms with E-state index < -0.39 is 0 Å². The van der Waals surface area contributed by atoms with Crippen molar-refractivity contribution in [1.29, 1.82) is 0 Å². The Hall–Kier alpha value is -1.63. The van der Waals surface area contributed by atoms with Gasteiger partial charge in [-0.05, 0) is 6.42 Å². The van der Waals surface area contributed by atoms with Crippen molar-refractivity contribution in [1.82, 2.24) is 14.7 Å². The predicted molar refractivity (Wildman–Crippen MR) is 84.6 cm³/mol. The normalized spacial score (nSPS) is 21.9. The summed E-state index contributed by atoms with van der Waals surface area (Å²) in [6.07, 6.45) is 1.70. The quantitative estimate of drug-likeness (QED) is 0.687. The van der Waals surface area contributed by atoms with E-state index in [1.807, 2.05) is 11.8 Å². The monoisotopic (exact) mass is 325 g/mol. The third-order valence-electron chi connectivity index (χ3n) is 4.54. The third-order valence-corrected chi connectivity index (χ3v) is 4.54. The van der Waals surface area contributed by atoms with Gasteiger partial charge in [0.1, 0.15) is 0 Å². The van der Waals surface area contributed by atoms with Crippen molar-refractivity contribution in [2.75, 3.05) is 53.0 Å². The van der Waals surface area contributed by atoms with Crippen molar-refractivity contribution in [2.45, 2.75) is 26.2 Å². The van der Waals surface area contributed by atoms with Gasteiger partial charge in [-0.2, -0.15) is 0 Å². The van der Waals surface area contributed by atoms with Crippen LogP contribution in [0.3, 0.4) is 0 Å². The number of carbonyl (C=O) groups is 3. The Labute approximate surface area is 137 Å². The minimum Gasteiger partial charge on any atom is -0.383 e. The van der Waals surface area contributed by atoms with Crippen molar-refractivity contribution in [2.24, 2.45) is 5.92 Å². The van der Waals surface area contributed by atoms with Crippen LogP contribution in [0.1, 0.15) is 26.2 Å². The Bertz CT molecular complexity index is 447. The zero-order valence-electron chi connectivity index (χ0n) is 14.1. The van der Waals surface area contributed by atoms with Crippen LogP contribution in [0.2, 0.25) is 0 Å². The molecule has 0 N–H and O–H groups in total. The standard InChI is InChI=1S/C16H27N3O4/c1-3-4-14(20)17-5-7-18(8-6-17)16(22)13-11-15(21)19(12-13)9-10-23-2/h13H,3-12H2,1-2H3. The number of rotatable bonds is 6. The molecule has 0 radical (unpaired) electrons. The number of hydrogen-bond donors (Lipinski definition) is 0. The number of carbonyl (C=O) groups excluding carboxylic acids is 3. The Morgan fingerprint density at radius 3 is 2.43 bits per heavy atom. The molecule has 130 valence electrons. The molecule has 1 atom stereocenters. The van der Waals surface area contributed by atoms with Gasteiger partial charge >= 0.3 is 0 Å². The van der Waals surface area contributed by atoms with E-state index in [4.69, 9.17) is 4.74 Å². The van der Waals surface area contributed by atoms with E-state index in [0.29, 0.717) is 52.3 Å². The van der Waals surface area contributed by atoms with Crippen molar-refractivity contribution in [3.63, 3.8) is 0 Å². The number of hydrogen-bond acceptors (Lipinski definition) is 4. The minimum absolute atomic E-state index is 0.0251. The fourth-order valence-electron chi connectivity index (χ4n) is 3.16. The molecule has 1 unspecified atom stereocenters. The zero-order valence-corrected chi connectivity index (χ0v) is 14.1. The summed E-state index contributed by atoms with van der Waals surface area (Å²) in [6, 6.07) is 0. The molecule has 7 nitrogen and oxygen atoms in total. The lowest BCUT2D eigenvalue weighted by atomic mass is 10.1. The van der Waals surface area contributed by atoms with Crippen LogP contribution in [-0.4, -0.2) is 85.4 Å². The Kier molecular flexibility index (Phi) is 6.38. The first-order valence-electron chi connectivity index (χ1n) is 8.40. The highest BCUT2D eigenvalue weighted by Crippen LogP contribution is 2.21. The number of piperazine rings is 1.